The van der Waals surface area contributed by atoms with Crippen molar-refractivity contribution >= 4 is 15.9 Å². The Morgan fingerprint density at radius 2 is 2.25 bits per heavy atom. The van der Waals surface area contributed by atoms with E-state index in [4.69, 9.17) is 4.74 Å². The van der Waals surface area contributed by atoms with Crippen LogP contribution in [-0.4, -0.2) is 26.8 Å². The summed E-state index contributed by atoms with van der Waals surface area (Å²) in [5.41, 5.74) is 1.36. The Kier molecular flexibility index (Phi) is 6.69. The molecule has 1 N–H and O–H groups in total. The van der Waals surface area contributed by atoms with Gasteiger partial charge in [0.05, 0.1) is 6.61 Å². The number of halogens is 1. The second kappa shape index (κ2) is 7.82. The first kappa shape index (κ1) is 13.7. The third kappa shape index (κ3) is 5.10. The zero-order valence-electron chi connectivity index (χ0n) is 10.0. The molecule has 3 heteroatoms. The van der Waals surface area contributed by atoms with Gasteiger partial charge in [0.1, 0.15) is 0 Å². The largest absolute Gasteiger partial charge is 0.384 e. The minimum Gasteiger partial charge on any atom is -0.384 e. The van der Waals surface area contributed by atoms with Gasteiger partial charge < -0.3 is 10.1 Å². The van der Waals surface area contributed by atoms with Crippen LogP contribution in [0.4, 0.5) is 0 Å². The fourth-order valence-electron chi connectivity index (χ4n) is 1.77. The standard InChI is InChI=1S/C13H20BrNO/c1-3-15-9-12(10-16-2)7-11-5-4-6-13(14)8-11/h4-6,8,12,15H,3,7,9-10H2,1-2H3. The van der Waals surface area contributed by atoms with Crippen LogP contribution in [0.1, 0.15) is 12.5 Å². The maximum absolute atomic E-state index is 5.25. The summed E-state index contributed by atoms with van der Waals surface area (Å²) in [5, 5.41) is 3.38. The van der Waals surface area contributed by atoms with Crippen LogP contribution in [0.15, 0.2) is 28.7 Å². The van der Waals surface area contributed by atoms with Crippen LogP contribution in [0.3, 0.4) is 0 Å². The number of hydrogen-bond donors (Lipinski definition) is 1. The lowest BCUT2D eigenvalue weighted by Gasteiger charge is -2.16. The van der Waals surface area contributed by atoms with Gasteiger partial charge in [-0.3, -0.25) is 0 Å². The molecule has 2 nitrogen and oxygen atoms in total. The maximum atomic E-state index is 5.25. The van der Waals surface area contributed by atoms with Crippen molar-refractivity contribution in [3.8, 4) is 0 Å². The molecule has 1 atom stereocenters. The first-order valence-corrected chi connectivity index (χ1v) is 6.49. The van der Waals surface area contributed by atoms with E-state index in [9.17, 15) is 0 Å². The van der Waals surface area contributed by atoms with E-state index in [0.29, 0.717) is 5.92 Å². The van der Waals surface area contributed by atoms with Crippen molar-refractivity contribution in [1.29, 1.82) is 0 Å². The van der Waals surface area contributed by atoms with E-state index in [1.54, 1.807) is 7.11 Å². The topological polar surface area (TPSA) is 21.3 Å². The molecule has 16 heavy (non-hydrogen) atoms. The van der Waals surface area contributed by atoms with Crippen LogP contribution in [0.5, 0.6) is 0 Å². The molecule has 1 unspecified atom stereocenters. The summed E-state index contributed by atoms with van der Waals surface area (Å²) >= 11 is 3.50. The third-order valence-electron chi connectivity index (χ3n) is 2.50. The van der Waals surface area contributed by atoms with Gasteiger partial charge in [-0.2, -0.15) is 0 Å². The van der Waals surface area contributed by atoms with Gasteiger partial charge in [-0.15, -0.1) is 0 Å². The zero-order valence-corrected chi connectivity index (χ0v) is 11.6. The van der Waals surface area contributed by atoms with E-state index in [1.165, 1.54) is 5.56 Å². The number of hydrogen-bond acceptors (Lipinski definition) is 2. The molecule has 0 fully saturated rings. The van der Waals surface area contributed by atoms with Crippen LogP contribution < -0.4 is 5.32 Å². The normalized spacial score (nSPS) is 12.7. The fourth-order valence-corrected chi connectivity index (χ4v) is 2.22. The van der Waals surface area contributed by atoms with Crippen LogP contribution >= 0.6 is 15.9 Å². The molecule has 0 aliphatic heterocycles. The summed E-state index contributed by atoms with van der Waals surface area (Å²) < 4.78 is 6.39. The SMILES string of the molecule is CCNCC(COC)Cc1cccc(Br)c1. The van der Waals surface area contributed by atoms with E-state index >= 15 is 0 Å². The van der Waals surface area contributed by atoms with Crippen molar-refractivity contribution in [1.82, 2.24) is 5.32 Å². The molecule has 0 amide bonds. The number of ether oxygens (including phenoxy) is 1. The van der Waals surface area contributed by atoms with Crippen molar-refractivity contribution in [2.75, 3.05) is 26.8 Å². The molecular formula is C13H20BrNO. The Bertz CT molecular complexity index is 304. The summed E-state index contributed by atoms with van der Waals surface area (Å²) in [6, 6.07) is 8.48. The lowest BCUT2D eigenvalue weighted by atomic mass is 10.00. The predicted octanol–water partition coefficient (Wildman–Crippen LogP) is 2.86. The van der Waals surface area contributed by atoms with Gasteiger partial charge in [0, 0.05) is 18.1 Å². The lowest BCUT2D eigenvalue weighted by Crippen LogP contribution is -2.27. The third-order valence-corrected chi connectivity index (χ3v) is 2.99. The highest BCUT2D eigenvalue weighted by Gasteiger charge is 2.09. The number of benzene rings is 1. The molecule has 1 rings (SSSR count). The highest BCUT2D eigenvalue weighted by Crippen LogP contribution is 2.15. The van der Waals surface area contributed by atoms with Crippen LogP contribution in [-0.2, 0) is 11.2 Å². The first-order valence-electron chi connectivity index (χ1n) is 5.70. The zero-order chi connectivity index (χ0) is 11.8. The second-order valence-corrected chi connectivity index (χ2v) is 4.88. The summed E-state index contributed by atoms with van der Waals surface area (Å²) in [7, 11) is 1.76. The maximum Gasteiger partial charge on any atom is 0.0505 e. The van der Waals surface area contributed by atoms with Gasteiger partial charge in [-0.05, 0) is 36.6 Å². The summed E-state index contributed by atoms with van der Waals surface area (Å²) in [6.45, 7) is 4.96. The molecule has 0 radical (unpaired) electrons. The first-order chi connectivity index (χ1) is 7.76. The van der Waals surface area contributed by atoms with Crippen molar-refractivity contribution < 1.29 is 4.74 Å². The van der Waals surface area contributed by atoms with E-state index in [1.807, 2.05) is 0 Å². The highest BCUT2D eigenvalue weighted by atomic mass is 79.9. The lowest BCUT2D eigenvalue weighted by molar-refractivity contribution is 0.151. The quantitative estimate of drug-likeness (QED) is 0.832. The molecule has 0 saturated heterocycles. The van der Waals surface area contributed by atoms with E-state index < -0.39 is 0 Å². The van der Waals surface area contributed by atoms with Crippen molar-refractivity contribution in [2.24, 2.45) is 5.92 Å². The molecule has 0 heterocycles. The van der Waals surface area contributed by atoms with Gasteiger partial charge in [0.25, 0.3) is 0 Å². The molecule has 0 aliphatic carbocycles. The van der Waals surface area contributed by atoms with Gasteiger partial charge in [-0.25, -0.2) is 0 Å². The molecule has 0 aromatic heterocycles. The molecular weight excluding hydrogens is 266 g/mol. The molecule has 1 aromatic rings. The Morgan fingerprint density at radius 3 is 2.88 bits per heavy atom. The number of nitrogens with one attached hydrogen (secondary N) is 1. The summed E-state index contributed by atoms with van der Waals surface area (Å²) in [5.74, 6) is 0.541. The van der Waals surface area contributed by atoms with E-state index in [2.05, 4.69) is 52.4 Å². The fraction of sp³-hybridized carbons (Fsp3) is 0.538. The molecule has 0 aliphatic rings. The minimum atomic E-state index is 0.541. The van der Waals surface area contributed by atoms with Gasteiger partial charge in [0.15, 0.2) is 0 Å². The Balaban J connectivity index is 2.52. The van der Waals surface area contributed by atoms with Crippen LogP contribution in [0.25, 0.3) is 0 Å². The van der Waals surface area contributed by atoms with Crippen LogP contribution in [0.2, 0.25) is 0 Å². The van der Waals surface area contributed by atoms with Crippen LogP contribution in [0, 0.1) is 5.92 Å². The Hall–Kier alpha value is -0.380. The van der Waals surface area contributed by atoms with Gasteiger partial charge in [-0.1, -0.05) is 35.0 Å². The van der Waals surface area contributed by atoms with Crippen molar-refractivity contribution in [3.05, 3.63) is 34.3 Å². The molecule has 0 bridgehead atoms. The molecule has 0 saturated carbocycles. The molecule has 1 aromatic carbocycles. The Morgan fingerprint density at radius 1 is 1.44 bits per heavy atom. The predicted molar refractivity (Wildman–Crippen MR) is 71.8 cm³/mol. The van der Waals surface area contributed by atoms with Gasteiger partial charge >= 0.3 is 0 Å². The smallest absolute Gasteiger partial charge is 0.0505 e. The van der Waals surface area contributed by atoms with E-state index in [0.717, 1.165) is 30.6 Å². The monoisotopic (exact) mass is 285 g/mol. The second-order valence-electron chi connectivity index (χ2n) is 3.96. The Labute approximate surface area is 107 Å². The minimum absolute atomic E-state index is 0.541. The number of methoxy groups -OCH3 is 1. The molecule has 0 spiro atoms. The summed E-state index contributed by atoms with van der Waals surface area (Å²) in [4.78, 5) is 0. The average molecular weight is 286 g/mol. The van der Waals surface area contributed by atoms with Crippen molar-refractivity contribution in [2.45, 2.75) is 13.3 Å². The van der Waals surface area contributed by atoms with Gasteiger partial charge in [0.2, 0.25) is 0 Å². The number of rotatable bonds is 7. The average Bonchev–Trinajstić information content (AvgIpc) is 2.26. The highest BCUT2D eigenvalue weighted by molar-refractivity contribution is 9.10. The molecule has 90 valence electrons. The van der Waals surface area contributed by atoms with E-state index in [-0.39, 0.29) is 0 Å². The van der Waals surface area contributed by atoms with Crippen molar-refractivity contribution in [3.63, 3.8) is 0 Å². The summed E-state index contributed by atoms with van der Waals surface area (Å²) in [6.07, 6.45) is 1.06.